The van der Waals surface area contributed by atoms with E-state index in [1.807, 2.05) is 56.3 Å². The number of oxazole rings is 1. The second kappa shape index (κ2) is 8.18. The molecule has 0 unspecified atom stereocenters. The number of nitrogens with zero attached hydrogens (tertiary/aromatic N) is 1. The van der Waals surface area contributed by atoms with Gasteiger partial charge in [0, 0.05) is 17.7 Å². The number of thiocarbonyl (C=S) groups is 1. The molecule has 0 atom stereocenters. The van der Waals surface area contributed by atoms with E-state index in [1.165, 1.54) is 0 Å². The lowest BCUT2D eigenvalue weighted by molar-refractivity contribution is -0.120. The maximum Gasteiger partial charge on any atom is 0.227 e. The lowest BCUT2D eigenvalue weighted by atomic mass is 10.1. The Morgan fingerprint density at radius 3 is 2.63 bits per heavy atom. The van der Waals surface area contributed by atoms with Crippen LogP contribution in [0.5, 0.6) is 5.75 Å². The molecule has 0 aliphatic rings. The van der Waals surface area contributed by atoms with Crippen molar-refractivity contribution in [3.63, 3.8) is 0 Å². The van der Waals surface area contributed by atoms with Gasteiger partial charge in [-0.2, -0.15) is 0 Å². The molecule has 0 bridgehead atoms. The zero-order valence-electron chi connectivity index (χ0n) is 15.4. The minimum atomic E-state index is -0.105. The fraction of sp³-hybridized carbons (Fsp3) is 0.250. The van der Waals surface area contributed by atoms with Crippen LogP contribution in [0.25, 0.3) is 22.6 Å². The number of hydrogen-bond acceptors (Lipinski definition) is 5. The maximum atomic E-state index is 11.8. The van der Waals surface area contributed by atoms with Crippen LogP contribution in [0.15, 0.2) is 46.9 Å². The van der Waals surface area contributed by atoms with Gasteiger partial charge in [0.2, 0.25) is 11.8 Å². The topological polar surface area (TPSA) is 76.4 Å². The average molecular weight is 383 g/mol. The number of carbonyl (C=O) groups is 1. The van der Waals surface area contributed by atoms with E-state index in [1.54, 1.807) is 7.11 Å². The molecule has 0 aliphatic heterocycles. The van der Waals surface area contributed by atoms with Crippen molar-refractivity contribution in [3.05, 3.63) is 42.5 Å². The number of carbonyl (C=O) groups excluding carboxylic acids is 1. The molecule has 3 aromatic rings. The van der Waals surface area contributed by atoms with Crippen LogP contribution in [0.4, 0.5) is 5.69 Å². The molecule has 27 heavy (non-hydrogen) atoms. The lowest BCUT2D eigenvalue weighted by Crippen LogP contribution is -2.34. The van der Waals surface area contributed by atoms with Crippen LogP contribution in [-0.4, -0.2) is 23.1 Å². The summed E-state index contributed by atoms with van der Waals surface area (Å²) in [4.78, 5) is 16.3. The summed E-state index contributed by atoms with van der Waals surface area (Å²) in [5.41, 5.74) is 2.95. The van der Waals surface area contributed by atoms with Gasteiger partial charge in [0.05, 0.1) is 7.11 Å². The fourth-order valence-corrected chi connectivity index (χ4v) is 2.80. The molecule has 0 radical (unpaired) electrons. The number of rotatable bonds is 5. The van der Waals surface area contributed by atoms with Gasteiger partial charge in [-0.05, 0) is 60.6 Å². The van der Waals surface area contributed by atoms with Crippen LogP contribution in [0.1, 0.15) is 20.3 Å². The molecule has 0 saturated heterocycles. The van der Waals surface area contributed by atoms with Crippen molar-refractivity contribution < 1.29 is 13.9 Å². The Morgan fingerprint density at radius 2 is 1.96 bits per heavy atom. The highest BCUT2D eigenvalue weighted by Gasteiger charge is 2.11. The molecule has 1 aromatic heterocycles. The SMILES string of the molecule is COc1ccc(-c2nc3cc(NC(=S)NC(=O)CC(C)C)ccc3o2)cc1. The quantitative estimate of drug-likeness (QED) is 0.638. The largest absolute Gasteiger partial charge is 0.497 e. The molecule has 1 amide bonds. The molecule has 2 aromatic carbocycles. The highest BCUT2D eigenvalue weighted by Crippen LogP contribution is 2.27. The van der Waals surface area contributed by atoms with Gasteiger partial charge in [-0.15, -0.1) is 0 Å². The summed E-state index contributed by atoms with van der Waals surface area (Å²) in [5.74, 6) is 1.47. The van der Waals surface area contributed by atoms with E-state index >= 15 is 0 Å². The molecular formula is C20H21N3O3S. The van der Waals surface area contributed by atoms with Crippen LogP contribution in [0.2, 0.25) is 0 Å². The Balaban J connectivity index is 1.73. The molecule has 1 heterocycles. The Labute approximate surface area is 162 Å². The molecule has 6 nitrogen and oxygen atoms in total. The Kier molecular flexibility index (Phi) is 5.71. The highest BCUT2D eigenvalue weighted by atomic mass is 32.1. The number of amides is 1. The number of ether oxygens (including phenoxy) is 1. The summed E-state index contributed by atoms with van der Waals surface area (Å²) in [7, 11) is 1.62. The fourth-order valence-electron chi connectivity index (χ4n) is 2.57. The molecule has 3 rings (SSSR count). The third-order valence-corrected chi connectivity index (χ3v) is 4.03. The number of methoxy groups -OCH3 is 1. The molecule has 0 spiro atoms. The van der Waals surface area contributed by atoms with Crippen LogP contribution in [-0.2, 0) is 4.79 Å². The van der Waals surface area contributed by atoms with Crippen molar-refractivity contribution in [1.29, 1.82) is 0 Å². The van der Waals surface area contributed by atoms with Crippen LogP contribution >= 0.6 is 12.2 Å². The minimum Gasteiger partial charge on any atom is -0.497 e. The van der Waals surface area contributed by atoms with Gasteiger partial charge in [-0.3, -0.25) is 4.79 Å². The van der Waals surface area contributed by atoms with Crippen molar-refractivity contribution in [1.82, 2.24) is 10.3 Å². The van der Waals surface area contributed by atoms with Crippen LogP contribution < -0.4 is 15.4 Å². The number of hydrogen-bond donors (Lipinski definition) is 2. The number of nitrogens with one attached hydrogen (secondary N) is 2. The van der Waals surface area contributed by atoms with Crippen LogP contribution in [0, 0.1) is 5.92 Å². The molecule has 140 valence electrons. The van der Waals surface area contributed by atoms with E-state index < -0.39 is 0 Å². The predicted octanol–water partition coefficient (Wildman–Crippen LogP) is 4.36. The number of aromatic nitrogens is 1. The van der Waals surface area contributed by atoms with E-state index in [2.05, 4.69) is 15.6 Å². The van der Waals surface area contributed by atoms with Crippen molar-refractivity contribution in [2.24, 2.45) is 5.92 Å². The Hall–Kier alpha value is -2.93. The van der Waals surface area contributed by atoms with Gasteiger partial charge in [-0.1, -0.05) is 13.8 Å². The van der Waals surface area contributed by atoms with Gasteiger partial charge in [0.15, 0.2) is 10.7 Å². The second-order valence-corrected chi connectivity index (χ2v) is 6.94. The minimum absolute atomic E-state index is 0.105. The van der Waals surface area contributed by atoms with Gasteiger partial charge in [0.1, 0.15) is 11.3 Å². The first kappa shape index (κ1) is 18.8. The highest BCUT2D eigenvalue weighted by molar-refractivity contribution is 7.80. The zero-order valence-corrected chi connectivity index (χ0v) is 16.2. The van der Waals surface area contributed by atoms with E-state index in [-0.39, 0.29) is 16.9 Å². The van der Waals surface area contributed by atoms with E-state index in [0.29, 0.717) is 23.4 Å². The van der Waals surface area contributed by atoms with E-state index in [4.69, 9.17) is 21.4 Å². The first-order chi connectivity index (χ1) is 12.9. The van der Waals surface area contributed by atoms with Crippen molar-refractivity contribution in [3.8, 4) is 17.2 Å². The van der Waals surface area contributed by atoms with Gasteiger partial charge >= 0.3 is 0 Å². The third kappa shape index (κ3) is 4.83. The molecular weight excluding hydrogens is 362 g/mol. The second-order valence-electron chi connectivity index (χ2n) is 6.53. The molecule has 0 fully saturated rings. The summed E-state index contributed by atoms with van der Waals surface area (Å²) in [6.45, 7) is 3.96. The summed E-state index contributed by atoms with van der Waals surface area (Å²) in [6.07, 6.45) is 0.426. The maximum absolute atomic E-state index is 11.8. The van der Waals surface area contributed by atoms with Gasteiger partial charge in [-0.25, -0.2) is 4.98 Å². The smallest absolute Gasteiger partial charge is 0.227 e. The summed E-state index contributed by atoms with van der Waals surface area (Å²) >= 11 is 5.19. The monoisotopic (exact) mass is 383 g/mol. The Morgan fingerprint density at radius 1 is 1.22 bits per heavy atom. The normalized spacial score (nSPS) is 10.8. The number of fused-ring (bicyclic) bond motifs is 1. The lowest BCUT2D eigenvalue weighted by Gasteiger charge is -2.10. The zero-order chi connectivity index (χ0) is 19.4. The molecule has 0 aliphatic carbocycles. The van der Waals surface area contributed by atoms with Gasteiger partial charge in [0.25, 0.3) is 0 Å². The summed E-state index contributed by atoms with van der Waals surface area (Å²) < 4.78 is 11.0. The average Bonchev–Trinajstić information content (AvgIpc) is 3.04. The molecule has 0 saturated carbocycles. The number of benzene rings is 2. The Bertz CT molecular complexity index is 964. The number of anilines is 1. The van der Waals surface area contributed by atoms with Crippen LogP contribution in [0.3, 0.4) is 0 Å². The first-order valence-electron chi connectivity index (χ1n) is 8.60. The van der Waals surface area contributed by atoms with Crippen molar-refractivity contribution in [2.75, 3.05) is 12.4 Å². The summed E-state index contributed by atoms with van der Waals surface area (Å²) in [6, 6.07) is 13.0. The van der Waals surface area contributed by atoms with Crippen molar-refractivity contribution >= 4 is 40.0 Å². The van der Waals surface area contributed by atoms with E-state index in [9.17, 15) is 4.79 Å². The predicted molar refractivity (Wildman–Crippen MR) is 110 cm³/mol. The third-order valence-electron chi connectivity index (χ3n) is 3.83. The molecule has 7 heteroatoms. The molecule has 2 N–H and O–H groups in total. The van der Waals surface area contributed by atoms with Crippen molar-refractivity contribution in [2.45, 2.75) is 20.3 Å². The summed E-state index contributed by atoms with van der Waals surface area (Å²) in [5, 5.41) is 5.94. The van der Waals surface area contributed by atoms with Gasteiger partial charge < -0.3 is 19.8 Å². The standard InChI is InChI=1S/C20H21N3O3S/c1-12(2)10-18(24)23-20(27)21-14-6-9-17-16(11-14)22-19(26-17)13-4-7-15(25-3)8-5-13/h4-9,11-12H,10H2,1-3H3,(H2,21,23,24,27). The first-order valence-corrected chi connectivity index (χ1v) is 9.01. The van der Waals surface area contributed by atoms with E-state index in [0.717, 1.165) is 17.0 Å².